The predicted octanol–water partition coefficient (Wildman–Crippen LogP) is 2.04. The molecule has 0 aliphatic carbocycles. The molecule has 0 fully saturated rings. The smallest absolute Gasteiger partial charge is 0.240 e. The van der Waals surface area contributed by atoms with Crippen LogP contribution >= 0.6 is 15.9 Å². The predicted molar refractivity (Wildman–Crippen MR) is 77.2 cm³/mol. The molecule has 1 aromatic rings. The Kier molecular flexibility index (Phi) is 6.28. The highest BCUT2D eigenvalue weighted by molar-refractivity contribution is 9.10. The summed E-state index contributed by atoms with van der Waals surface area (Å²) >= 11 is 3.32. The minimum Gasteiger partial charge on any atom is -0.315 e. The summed E-state index contributed by atoms with van der Waals surface area (Å²) in [5, 5.41) is 3.15. The first kappa shape index (κ1) is 15.6. The number of aryl methyl sites for hydroxylation is 1. The summed E-state index contributed by atoms with van der Waals surface area (Å²) in [5.74, 6) is 0. The Bertz CT molecular complexity index is 489. The Hall–Kier alpha value is -0.430. The molecular formula is C12H19BrN2O2S. The van der Waals surface area contributed by atoms with E-state index in [2.05, 4.69) is 32.9 Å². The lowest BCUT2D eigenvalue weighted by Crippen LogP contribution is -2.32. The van der Waals surface area contributed by atoms with Crippen LogP contribution in [0, 0.1) is 6.92 Å². The van der Waals surface area contributed by atoms with Gasteiger partial charge in [-0.1, -0.05) is 22.9 Å². The standard InChI is InChI=1S/C12H19BrN2O2S/c1-3-6-14-7-8-15-18(16,17)12-5-4-11(13)9-10(12)2/h4-5,9,14-15H,3,6-8H2,1-2H3. The average molecular weight is 335 g/mol. The molecule has 0 radical (unpaired) electrons. The lowest BCUT2D eigenvalue weighted by Gasteiger charge is -2.10. The second-order valence-electron chi connectivity index (χ2n) is 4.06. The maximum Gasteiger partial charge on any atom is 0.240 e. The minimum absolute atomic E-state index is 0.334. The summed E-state index contributed by atoms with van der Waals surface area (Å²) < 4.78 is 27.6. The van der Waals surface area contributed by atoms with Gasteiger partial charge in [0.1, 0.15) is 0 Å². The molecule has 6 heteroatoms. The fourth-order valence-corrected chi connectivity index (χ4v) is 3.30. The molecule has 2 N–H and O–H groups in total. The van der Waals surface area contributed by atoms with E-state index in [1.54, 1.807) is 25.1 Å². The molecule has 0 aromatic heterocycles. The minimum atomic E-state index is -3.41. The summed E-state index contributed by atoms with van der Waals surface area (Å²) in [6.07, 6.45) is 1.04. The molecule has 102 valence electrons. The fraction of sp³-hybridized carbons (Fsp3) is 0.500. The van der Waals surface area contributed by atoms with E-state index < -0.39 is 10.0 Å². The van der Waals surface area contributed by atoms with Crippen LogP contribution in [-0.2, 0) is 10.0 Å². The van der Waals surface area contributed by atoms with Gasteiger partial charge in [0.15, 0.2) is 0 Å². The van der Waals surface area contributed by atoms with Gasteiger partial charge < -0.3 is 5.32 Å². The molecule has 0 bridgehead atoms. The van der Waals surface area contributed by atoms with Crippen LogP contribution in [0.2, 0.25) is 0 Å². The van der Waals surface area contributed by atoms with Crippen LogP contribution in [0.15, 0.2) is 27.6 Å². The summed E-state index contributed by atoms with van der Waals surface area (Å²) in [4.78, 5) is 0.334. The third-order valence-corrected chi connectivity index (χ3v) is 4.56. The quantitative estimate of drug-likeness (QED) is 0.750. The second-order valence-corrected chi connectivity index (χ2v) is 6.71. The van der Waals surface area contributed by atoms with E-state index >= 15 is 0 Å². The zero-order valence-electron chi connectivity index (χ0n) is 10.7. The van der Waals surface area contributed by atoms with Crippen LogP contribution in [0.1, 0.15) is 18.9 Å². The molecule has 1 rings (SSSR count). The van der Waals surface area contributed by atoms with Crippen molar-refractivity contribution in [1.82, 2.24) is 10.0 Å². The Balaban J connectivity index is 2.63. The number of hydrogen-bond donors (Lipinski definition) is 2. The van der Waals surface area contributed by atoms with Crippen LogP contribution in [0.5, 0.6) is 0 Å². The van der Waals surface area contributed by atoms with Crippen molar-refractivity contribution in [3.8, 4) is 0 Å². The summed E-state index contributed by atoms with van der Waals surface area (Å²) in [7, 11) is -3.41. The van der Waals surface area contributed by atoms with Crippen molar-refractivity contribution in [1.29, 1.82) is 0 Å². The number of sulfonamides is 1. The van der Waals surface area contributed by atoms with Gasteiger partial charge in [0.25, 0.3) is 0 Å². The SMILES string of the molecule is CCCNCCNS(=O)(=O)c1ccc(Br)cc1C. The maximum atomic E-state index is 12.0. The molecule has 0 saturated carbocycles. The number of rotatable bonds is 7. The van der Waals surface area contributed by atoms with Gasteiger partial charge in [0.2, 0.25) is 10.0 Å². The number of halogens is 1. The molecule has 0 amide bonds. The Morgan fingerprint density at radius 2 is 1.94 bits per heavy atom. The normalized spacial score (nSPS) is 11.7. The fourth-order valence-electron chi connectivity index (χ4n) is 1.57. The molecule has 4 nitrogen and oxygen atoms in total. The molecule has 0 heterocycles. The van der Waals surface area contributed by atoms with Crippen molar-refractivity contribution >= 4 is 26.0 Å². The van der Waals surface area contributed by atoms with Crippen molar-refractivity contribution in [2.45, 2.75) is 25.2 Å². The van der Waals surface area contributed by atoms with Gasteiger partial charge >= 0.3 is 0 Å². The van der Waals surface area contributed by atoms with Gasteiger partial charge in [-0.3, -0.25) is 0 Å². The molecule has 0 spiro atoms. The van der Waals surface area contributed by atoms with E-state index in [1.807, 2.05) is 0 Å². The van der Waals surface area contributed by atoms with E-state index in [0.717, 1.165) is 23.0 Å². The molecule has 0 aliphatic heterocycles. The molecule has 0 unspecified atom stereocenters. The number of hydrogen-bond acceptors (Lipinski definition) is 3. The van der Waals surface area contributed by atoms with E-state index in [-0.39, 0.29) is 0 Å². The summed E-state index contributed by atoms with van der Waals surface area (Å²) in [6.45, 7) is 5.80. The van der Waals surface area contributed by atoms with Crippen LogP contribution < -0.4 is 10.0 Å². The van der Waals surface area contributed by atoms with Crippen molar-refractivity contribution in [2.24, 2.45) is 0 Å². The molecular weight excluding hydrogens is 316 g/mol. The van der Waals surface area contributed by atoms with Gasteiger partial charge in [-0.25, -0.2) is 13.1 Å². The van der Waals surface area contributed by atoms with Crippen LogP contribution in [0.4, 0.5) is 0 Å². The number of benzene rings is 1. The highest BCUT2D eigenvalue weighted by Gasteiger charge is 2.15. The van der Waals surface area contributed by atoms with Crippen molar-refractivity contribution in [3.05, 3.63) is 28.2 Å². The Morgan fingerprint density at radius 3 is 2.56 bits per heavy atom. The molecule has 0 atom stereocenters. The highest BCUT2D eigenvalue weighted by atomic mass is 79.9. The van der Waals surface area contributed by atoms with Crippen molar-refractivity contribution in [3.63, 3.8) is 0 Å². The van der Waals surface area contributed by atoms with Crippen molar-refractivity contribution < 1.29 is 8.42 Å². The van der Waals surface area contributed by atoms with Gasteiger partial charge in [0, 0.05) is 17.6 Å². The first-order valence-electron chi connectivity index (χ1n) is 5.94. The Labute approximate surface area is 117 Å². The zero-order chi connectivity index (χ0) is 13.6. The number of nitrogens with one attached hydrogen (secondary N) is 2. The molecule has 0 aliphatic rings. The summed E-state index contributed by atoms with van der Waals surface area (Å²) in [5.41, 5.74) is 0.735. The van der Waals surface area contributed by atoms with Gasteiger partial charge in [0.05, 0.1) is 4.90 Å². The van der Waals surface area contributed by atoms with Crippen molar-refractivity contribution in [2.75, 3.05) is 19.6 Å². The first-order chi connectivity index (χ1) is 8.47. The largest absolute Gasteiger partial charge is 0.315 e. The van der Waals surface area contributed by atoms with Gasteiger partial charge in [-0.2, -0.15) is 0 Å². The highest BCUT2D eigenvalue weighted by Crippen LogP contribution is 2.19. The zero-order valence-corrected chi connectivity index (χ0v) is 13.1. The third kappa shape index (κ3) is 4.68. The Morgan fingerprint density at radius 1 is 1.22 bits per heavy atom. The lowest BCUT2D eigenvalue weighted by atomic mass is 10.2. The van der Waals surface area contributed by atoms with E-state index in [1.165, 1.54) is 0 Å². The van der Waals surface area contributed by atoms with Crippen LogP contribution in [0.25, 0.3) is 0 Å². The monoisotopic (exact) mass is 334 g/mol. The topological polar surface area (TPSA) is 58.2 Å². The van der Waals surface area contributed by atoms with Crippen LogP contribution in [-0.4, -0.2) is 28.1 Å². The summed E-state index contributed by atoms with van der Waals surface area (Å²) in [6, 6.07) is 5.14. The second kappa shape index (κ2) is 7.23. The molecule has 0 saturated heterocycles. The third-order valence-electron chi connectivity index (χ3n) is 2.45. The molecule has 1 aromatic carbocycles. The van der Waals surface area contributed by atoms with E-state index in [9.17, 15) is 8.42 Å². The van der Waals surface area contributed by atoms with Gasteiger partial charge in [-0.15, -0.1) is 0 Å². The van der Waals surface area contributed by atoms with E-state index in [4.69, 9.17) is 0 Å². The molecule has 18 heavy (non-hydrogen) atoms. The van der Waals surface area contributed by atoms with E-state index in [0.29, 0.717) is 18.0 Å². The first-order valence-corrected chi connectivity index (χ1v) is 8.21. The lowest BCUT2D eigenvalue weighted by molar-refractivity contribution is 0.575. The average Bonchev–Trinajstić information content (AvgIpc) is 2.28. The van der Waals surface area contributed by atoms with Gasteiger partial charge in [-0.05, 0) is 43.7 Å². The van der Waals surface area contributed by atoms with Crippen LogP contribution in [0.3, 0.4) is 0 Å². The maximum absolute atomic E-state index is 12.0.